The smallest absolute Gasteiger partial charge is 0.0433 e. The zero-order valence-electron chi connectivity index (χ0n) is 11.5. The molecule has 1 saturated heterocycles. The molecule has 5 nitrogen and oxygen atoms in total. The van der Waals surface area contributed by atoms with Crippen LogP contribution >= 0.6 is 15.9 Å². The molecule has 2 atom stereocenters. The first-order chi connectivity index (χ1) is 9.10. The van der Waals surface area contributed by atoms with Crippen molar-refractivity contribution in [2.45, 2.75) is 18.5 Å². The number of rotatable bonds is 4. The van der Waals surface area contributed by atoms with Crippen molar-refractivity contribution in [2.75, 3.05) is 33.7 Å². The molecule has 0 amide bonds. The third-order valence-electron chi connectivity index (χ3n) is 3.80. The van der Waals surface area contributed by atoms with Crippen molar-refractivity contribution >= 4 is 15.9 Å². The summed E-state index contributed by atoms with van der Waals surface area (Å²) in [4.78, 5) is 9.16. The van der Waals surface area contributed by atoms with E-state index in [1.165, 1.54) is 0 Å². The highest BCUT2D eigenvalue weighted by Gasteiger charge is 2.29. The molecular weight excluding hydrogens is 306 g/mol. The van der Waals surface area contributed by atoms with Crippen LogP contribution in [0.3, 0.4) is 0 Å². The van der Waals surface area contributed by atoms with E-state index in [2.05, 4.69) is 50.2 Å². The lowest BCUT2D eigenvalue weighted by Gasteiger charge is -2.41. The minimum absolute atomic E-state index is 0.210. The van der Waals surface area contributed by atoms with E-state index in [0.29, 0.717) is 6.04 Å². The number of aromatic nitrogens is 1. The third-order valence-corrected chi connectivity index (χ3v) is 4.26. The molecule has 2 rings (SSSR count). The number of nitrogens with one attached hydrogen (secondary N) is 1. The monoisotopic (exact) mass is 327 g/mol. The van der Waals surface area contributed by atoms with E-state index in [4.69, 9.17) is 5.84 Å². The Morgan fingerprint density at radius 3 is 2.89 bits per heavy atom. The second-order valence-electron chi connectivity index (χ2n) is 5.26. The lowest BCUT2D eigenvalue weighted by Crippen LogP contribution is -2.60. The van der Waals surface area contributed by atoms with Gasteiger partial charge in [-0.05, 0) is 42.2 Å². The number of likely N-dealkylation sites (N-methyl/N-ethyl adjacent to an activating group) is 2. The van der Waals surface area contributed by atoms with Gasteiger partial charge in [0.25, 0.3) is 0 Å². The van der Waals surface area contributed by atoms with Crippen molar-refractivity contribution in [3.63, 3.8) is 0 Å². The Balaban J connectivity index is 2.04. The fraction of sp³-hybridized carbons (Fsp3) is 0.615. The summed E-state index contributed by atoms with van der Waals surface area (Å²) in [5.41, 5.74) is 4.03. The first-order valence-corrected chi connectivity index (χ1v) is 7.35. The molecule has 0 bridgehead atoms. The van der Waals surface area contributed by atoms with Crippen molar-refractivity contribution in [1.29, 1.82) is 0 Å². The lowest BCUT2D eigenvalue weighted by atomic mass is 9.99. The van der Waals surface area contributed by atoms with Gasteiger partial charge in [0.1, 0.15) is 0 Å². The standard InChI is InChI=1S/C13H22BrN5/c1-18-5-6-19(2)13(9-18)12(17-15)7-11-4-3-10(14)8-16-11/h3-4,8,12-13,17H,5-7,9,15H2,1-2H3. The zero-order chi connectivity index (χ0) is 13.8. The van der Waals surface area contributed by atoms with E-state index in [-0.39, 0.29) is 6.04 Å². The van der Waals surface area contributed by atoms with Crippen LogP contribution in [-0.2, 0) is 6.42 Å². The maximum absolute atomic E-state index is 5.76. The van der Waals surface area contributed by atoms with Crippen molar-refractivity contribution < 1.29 is 0 Å². The van der Waals surface area contributed by atoms with Crippen molar-refractivity contribution in [3.8, 4) is 0 Å². The number of halogens is 1. The molecule has 0 spiro atoms. The van der Waals surface area contributed by atoms with Crippen LogP contribution in [0.1, 0.15) is 5.69 Å². The van der Waals surface area contributed by atoms with Gasteiger partial charge >= 0.3 is 0 Å². The molecule has 1 aromatic rings. The van der Waals surface area contributed by atoms with Gasteiger partial charge in [0.2, 0.25) is 0 Å². The van der Waals surface area contributed by atoms with Gasteiger partial charge in [-0.25, -0.2) is 0 Å². The maximum atomic E-state index is 5.76. The molecule has 6 heteroatoms. The molecule has 0 radical (unpaired) electrons. The van der Waals surface area contributed by atoms with Gasteiger partial charge in [-0.15, -0.1) is 0 Å². The topological polar surface area (TPSA) is 57.4 Å². The fourth-order valence-electron chi connectivity index (χ4n) is 2.54. The van der Waals surface area contributed by atoms with Crippen LogP contribution in [0, 0.1) is 0 Å². The maximum Gasteiger partial charge on any atom is 0.0433 e. The molecular formula is C13H22BrN5. The number of hydrogen-bond acceptors (Lipinski definition) is 5. The van der Waals surface area contributed by atoms with Crippen LogP contribution in [0.15, 0.2) is 22.8 Å². The predicted octanol–water partition coefficient (Wildman–Crippen LogP) is 0.464. The summed E-state index contributed by atoms with van der Waals surface area (Å²) in [5.74, 6) is 5.76. The fourth-order valence-corrected chi connectivity index (χ4v) is 2.77. The summed E-state index contributed by atoms with van der Waals surface area (Å²) in [6.07, 6.45) is 2.67. The first-order valence-electron chi connectivity index (χ1n) is 6.55. The van der Waals surface area contributed by atoms with Gasteiger partial charge in [0.15, 0.2) is 0 Å². The molecule has 2 unspecified atom stereocenters. The number of nitrogens with two attached hydrogens (primary N) is 1. The summed E-state index contributed by atoms with van der Waals surface area (Å²) >= 11 is 3.41. The summed E-state index contributed by atoms with van der Waals surface area (Å²) < 4.78 is 1.00. The Hall–Kier alpha value is -0.530. The molecule has 106 valence electrons. The molecule has 1 aliphatic rings. The van der Waals surface area contributed by atoms with Gasteiger partial charge in [-0.1, -0.05) is 0 Å². The van der Waals surface area contributed by atoms with E-state index in [0.717, 1.165) is 36.2 Å². The highest BCUT2D eigenvalue weighted by Crippen LogP contribution is 2.14. The average Bonchev–Trinajstić information content (AvgIpc) is 2.41. The number of hydrazine groups is 1. The summed E-state index contributed by atoms with van der Waals surface area (Å²) in [5, 5.41) is 0. The lowest BCUT2D eigenvalue weighted by molar-refractivity contribution is 0.0874. The molecule has 3 N–H and O–H groups in total. The van der Waals surface area contributed by atoms with Gasteiger partial charge in [0, 0.05) is 54.5 Å². The summed E-state index contributed by atoms with van der Waals surface area (Å²) in [7, 11) is 4.32. The Morgan fingerprint density at radius 2 is 2.26 bits per heavy atom. The van der Waals surface area contributed by atoms with E-state index in [1.807, 2.05) is 18.3 Å². The molecule has 0 saturated carbocycles. The molecule has 2 heterocycles. The van der Waals surface area contributed by atoms with Gasteiger partial charge in [0.05, 0.1) is 0 Å². The van der Waals surface area contributed by atoms with Crippen molar-refractivity contribution in [2.24, 2.45) is 5.84 Å². The van der Waals surface area contributed by atoms with Crippen LogP contribution in [0.5, 0.6) is 0 Å². The summed E-state index contributed by atoms with van der Waals surface area (Å²) in [6.45, 7) is 3.22. The normalized spacial score (nSPS) is 23.5. The van der Waals surface area contributed by atoms with E-state index < -0.39 is 0 Å². The van der Waals surface area contributed by atoms with E-state index in [9.17, 15) is 0 Å². The number of piperazine rings is 1. The second-order valence-corrected chi connectivity index (χ2v) is 6.17. The van der Waals surface area contributed by atoms with Crippen molar-refractivity contribution in [1.82, 2.24) is 20.2 Å². The van der Waals surface area contributed by atoms with Gasteiger partial charge in [-0.3, -0.25) is 21.2 Å². The first kappa shape index (κ1) is 14.9. The van der Waals surface area contributed by atoms with E-state index >= 15 is 0 Å². The number of hydrogen-bond donors (Lipinski definition) is 2. The number of nitrogens with zero attached hydrogens (tertiary/aromatic N) is 3. The molecule has 1 aliphatic heterocycles. The van der Waals surface area contributed by atoms with Gasteiger partial charge < -0.3 is 4.90 Å². The van der Waals surface area contributed by atoms with Crippen LogP contribution in [0.2, 0.25) is 0 Å². The minimum Gasteiger partial charge on any atom is -0.303 e. The van der Waals surface area contributed by atoms with Crippen LogP contribution in [0.25, 0.3) is 0 Å². The Kier molecular flexibility index (Phi) is 5.29. The molecule has 1 fully saturated rings. The second kappa shape index (κ2) is 6.76. The van der Waals surface area contributed by atoms with Crippen molar-refractivity contribution in [3.05, 3.63) is 28.5 Å². The van der Waals surface area contributed by atoms with Gasteiger partial charge in [-0.2, -0.15) is 0 Å². The molecule has 1 aromatic heterocycles. The summed E-state index contributed by atoms with van der Waals surface area (Å²) in [6, 6.07) is 4.68. The Morgan fingerprint density at radius 1 is 1.47 bits per heavy atom. The van der Waals surface area contributed by atoms with Crippen LogP contribution in [0.4, 0.5) is 0 Å². The Labute approximate surface area is 123 Å². The molecule has 0 aliphatic carbocycles. The molecule has 19 heavy (non-hydrogen) atoms. The minimum atomic E-state index is 0.210. The molecule has 0 aromatic carbocycles. The van der Waals surface area contributed by atoms with E-state index in [1.54, 1.807) is 0 Å². The van der Waals surface area contributed by atoms with Crippen LogP contribution in [-0.4, -0.2) is 60.6 Å². The largest absolute Gasteiger partial charge is 0.303 e. The SMILES string of the molecule is CN1CCN(C)C(C(Cc2ccc(Br)cn2)NN)C1. The highest BCUT2D eigenvalue weighted by atomic mass is 79.9. The third kappa shape index (κ3) is 3.97. The Bertz CT molecular complexity index is 397. The average molecular weight is 328 g/mol. The quantitative estimate of drug-likeness (QED) is 0.621. The number of pyridine rings is 1. The predicted molar refractivity (Wildman–Crippen MR) is 80.7 cm³/mol. The van der Waals surface area contributed by atoms with Crippen LogP contribution < -0.4 is 11.3 Å². The highest BCUT2D eigenvalue weighted by molar-refractivity contribution is 9.10. The zero-order valence-corrected chi connectivity index (χ0v) is 13.1.